The number of aliphatic hydroxyl groups excluding tert-OH is 4. The van der Waals surface area contributed by atoms with Crippen LogP contribution in [0.1, 0.15) is 0 Å². The highest BCUT2D eigenvalue weighted by Gasteiger charge is 2.24. The third kappa shape index (κ3) is 3.71. The number of hydrogen-bond acceptors (Lipinski definition) is 9. The van der Waals surface area contributed by atoms with E-state index in [4.69, 9.17) is 10.2 Å². The normalized spacial score (nSPS) is 15.4. The molecule has 1 rings (SSSR count). The lowest BCUT2D eigenvalue weighted by Gasteiger charge is -2.22. The molecule has 0 unspecified atom stereocenters. The molecule has 1 aromatic rings. The first-order valence-corrected chi connectivity index (χ1v) is 5.49. The summed E-state index contributed by atoms with van der Waals surface area (Å²) in [6.07, 6.45) is -4.75. The van der Waals surface area contributed by atoms with Gasteiger partial charge in [-0.25, -0.2) is 4.79 Å². The second kappa shape index (κ2) is 6.91. The lowest BCUT2D eigenvalue weighted by atomic mass is 10.1. The van der Waals surface area contributed by atoms with Crippen LogP contribution in [0.15, 0.2) is 14.8 Å². The van der Waals surface area contributed by atoms with Crippen molar-refractivity contribution in [3.8, 4) is 0 Å². The minimum atomic E-state index is -1.66. The Morgan fingerprint density at radius 1 is 1.15 bits per heavy atom. The van der Waals surface area contributed by atoms with Gasteiger partial charge in [0.2, 0.25) is 5.69 Å². The molecule has 7 N–H and O–H groups in total. The average Bonchev–Trinajstić information content (AvgIpc) is 2.42. The largest absolute Gasteiger partial charge is 0.394 e. The van der Waals surface area contributed by atoms with E-state index in [1.165, 1.54) is 0 Å². The smallest absolute Gasteiger partial charge is 0.327 e. The van der Waals surface area contributed by atoms with Crippen molar-refractivity contribution in [2.75, 3.05) is 18.5 Å². The van der Waals surface area contributed by atoms with Gasteiger partial charge in [-0.15, -0.1) is 4.91 Å². The fourth-order valence-corrected chi connectivity index (χ4v) is 1.39. The second-order valence-corrected chi connectivity index (χ2v) is 3.91. The summed E-state index contributed by atoms with van der Waals surface area (Å²) < 4.78 is 0. The Hall–Kier alpha value is -2.08. The molecular weight excluding hydrogens is 276 g/mol. The van der Waals surface area contributed by atoms with Crippen molar-refractivity contribution < 1.29 is 20.4 Å². The zero-order valence-electron chi connectivity index (χ0n) is 10.1. The van der Waals surface area contributed by atoms with E-state index in [0.717, 1.165) is 0 Å². The van der Waals surface area contributed by atoms with Crippen LogP contribution in [0.4, 0.5) is 11.5 Å². The molecule has 20 heavy (non-hydrogen) atoms. The van der Waals surface area contributed by atoms with Gasteiger partial charge in [-0.05, 0) is 5.18 Å². The molecule has 3 atom stereocenters. The molecule has 11 nitrogen and oxygen atoms in total. The van der Waals surface area contributed by atoms with Crippen LogP contribution in [-0.2, 0) is 0 Å². The first-order valence-electron chi connectivity index (χ1n) is 5.49. The molecule has 0 aliphatic heterocycles. The summed E-state index contributed by atoms with van der Waals surface area (Å²) in [6.45, 7) is -1.18. The van der Waals surface area contributed by atoms with E-state index in [2.05, 4.69) is 15.5 Å². The molecule has 1 aromatic heterocycles. The molecule has 11 heteroatoms. The van der Waals surface area contributed by atoms with Crippen LogP contribution in [0.25, 0.3) is 0 Å². The fraction of sp³-hybridized carbons (Fsp3) is 0.556. The van der Waals surface area contributed by atoms with Crippen LogP contribution in [0.2, 0.25) is 0 Å². The van der Waals surface area contributed by atoms with Crippen molar-refractivity contribution >= 4 is 11.5 Å². The quantitative estimate of drug-likeness (QED) is 0.258. The lowest BCUT2D eigenvalue weighted by molar-refractivity contribution is -0.0715. The van der Waals surface area contributed by atoms with Gasteiger partial charge in [0, 0.05) is 6.54 Å². The molecule has 0 saturated heterocycles. The summed E-state index contributed by atoms with van der Waals surface area (Å²) in [7, 11) is 0. The number of nitrogens with zero attached hydrogens (tertiary/aromatic N) is 1. The maximum Gasteiger partial charge on any atom is 0.327 e. The van der Waals surface area contributed by atoms with Crippen LogP contribution in [0.3, 0.4) is 0 Å². The van der Waals surface area contributed by atoms with Gasteiger partial charge in [0.1, 0.15) is 18.0 Å². The third-order valence-corrected chi connectivity index (χ3v) is 2.47. The van der Waals surface area contributed by atoms with Gasteiger partial charge in [0.15, 0.2) is 0 Å². The molecule has 0 bridgehead atoms. The summed E-state index contributed by atoms with van der Waals surface area (Å²) in [6, 6.07) is 0. The molecule has 0 aliphatic carbocycles. The summed E-state index contributed by atoms with van der Waals surface area (Å²) >= 11 is 0. The first kappa shape index (κ1) is 16.0. The number of aliphatic hydroxyl groups is 4. The van der Waals surface area contributed by atoms with E-state index in [0.29, 0.717) is 0 Å². The van der Waals surface area contributed by atoms with Crippen LogP contribution >= 0.6 is 0 Å². The van der Waals surface area contributed by atoms with Crippen molar-refractivity contribution in [3.63, 3.8) is 0 Å². The minimum Gasteiger partial charge on any atom is -0.394 e. The van der Waals surface area contributed by atoms with Crippen molar-refractivity contribution in [2.45, 2.75) is 18.3 Å². The molecule has 0 radical (unpaired) electrons. The molecule has 0 spiro atoms. The molecule has 0 fully saturated rings. The van der Waals surface area contributed by atoms with E-state index in [1.54, 1.807) is 4.98 Å². The highest BCUT2D eigenvalue weighted by Crippen LogP contribution is 2.14. The van der Waals surface area contributed by atoms with Gasteiger partial charge in [0.05, 0.1) is 12.7 Å². The minimum absolute atomic E-state index is 0.335. The van der Waals surface area contributed by atoms with Gasteiger partial charge in [0.25, 0.3) is 5.56 Å². The number of H-pyrrole nitrogens is 2. The van der Waals surface area contributed by atoms with E-state index < -0.39 is 48.4 Å². The van der Waals surface area contributed by atoms with Crippen LogP contribution in [-0.4, -0.2) is 61.9 Å². The summed E-state index contributed by atoms with van der Waals surface area (Å²) in [5.41, 5.74) is -2.54. The first-order chi connectivity index (χ1) is 9.40. The van der Waals surface area contributed by atoms with Gasteiger partial charge in [-0.3, -0.25) is 14.8 Å². The Bertz CT molecular complexity index is 568. The Kier molecular flexibility index (Phi) is 5.52. The highest BCUT2D eigenvalue weighted by molar-refractivity contribution is 5.58. The topological polar surface area (TPSA) is 188 Å². The van der Waals surface area contributed by atoms with Crippen molar-refractivity contribution in [1.29, 1.82) is 0 Å². The Morgan fingerprint density at radius 2 is 1.80 bits per heavy atom. The van der Waals surface area contributed by atoms with Gasteiger partial charge in [-0.2, -0.15) is 0 Å². The summed E-state index contributed by atoms with van der Waals surface area (Å²) in [5, 5.41) is 41.4. The standard InChI is InChI=1S/C9H14N4O7/c14-2-4(16)6(17)3(15)1-10-7-5(13-20)8(18)12-9(19)11-7/h3-4,6,14-17H,1-2H2,(H3,10,11,12,18,19)/t3-,4+,6+/m0/s1. The van der Waals surface area contributed by atoms with Crippen LogP contribution in [0, 0.1) is 4.91 Å². The molecule has 1 heterocycles. The van der Waals surface area contributed by atoms with Crippen molar-refractivity contribution in [2.24, 2.45) is 5.18 Å². The number of rotatable bonds is 7. The second-order valence-electron chi connectivity index (χ2n) is 3.91. The SMILES string of the molecule is O=Nc1c(NC[C@H](O)[C@@H](O)[C@H](O)CO)[nH]c(=O)[nH]c1=O. The zero-order valence-corrected chi connectivity index (χ0v) is 10.1. The van der Waals surface area contributed by atoms with Crippen molar-refractivity contribution in [3.05, 3.63) is 25.7 Å². The highest BCUT2D eigenvalue weighted by atomic mass is 16.4. The zero-order chi connectivity index (χ0) is 15.3. The maximum absolute atomic E-state index is 11.2. The molecule has 0 amide bonds. The fourth-order valence-electron chi connectivity index (χ4n) is 1.39. The monoisotopic (exact) mass is 290 g/mol. The van der Waals surface area contributed by atoms with E-state index >= 15 is 0 Å². The van der Waals surface area contributed by atoms with E-state index in [1.807, 2.05) is 0 Å². The predicted molar refractivity (Wildman–Crippen MR) is 66.7 cm³/mol. The Morgan fingerprint density at radius 3 is 2.35 bits per heavy atom. The van der Waals surface area contributed by atoms with Crippen molar-refractivity contribution in [1.82, 2.24) is 9.97 Å². The van der Waals surface area contributed by atoms with Gasteiger partial charge < -0.3 is 25.7 Å². The molecular formula is C9H14N4O7. The van der Waals surface area contributed by atoms with E-state index in [9.17, 15) is 24.7 Å². The number of aromatic amines is 2. The molecule has 0 aromatic carbocycles. The number of hydrogen-bond donors (Lipinski definition) is 7. The number of anilines is 1. The molecule has 112 valence electrons. The maximum atomic E-state index is 11.2. The third-order valence-electron chi connectivity index (χ3n) is 2.47. The number of nitroso groups, excluding NO2 is 1. The van der Waals surface area contributed by atoms with Gasteiger partial charge >= 0.3 is 5.69 Å². The van der Waals surface area contributed by atoms with Gasteiger partial charge in [-0.1, -0.05) is 0 Å². The molecule has 0 aliphatic rings. The van der Waals surface area contributed by atoms with E-state index in [-0.39, 0.29) is 5.82 Å². The van der Waals surface area contributed by atoms with Crippen LogP contribution < -0.4 is 16.6 Å². The number of aromatic nitrogens is 2. The molecule has 0 saturated carbocycles. The summed E-state index contributed by atoms with van der Waals surface area (Å²) in [4.78, 5) is 36.6. The Balaban J connectivity index is 2.82. The number of nitrogens with one attached hydrogen (secondary N) is 3. The van der Waals surface area contributed by atoms with Crippen LogP contribution in [0.5, 0.6) is 0 Å². The lowest BCUT2D eigenvalue weighted by Crippen LogP contribution is -2.43. The average molecular weight is 290 g/mol. The Labute approximate surface area is 110 Å². The summed E-state index contributed by atoms with van der Waals surface area (Å²) in [5.74, 6) is -0.335. The predicted octanol–water partition coefficient (Wildman–Crippen LogP) is -3.05.